The van der Waals surface area contributed by atoms with Crippen molar-refractivity contribution in [2.75, 3.05) is 78.7 Å². The lowest BCUT2D eigenvalue weighted by Crippen LogP contribution is -2.45. The summed E-state index contributed by atoms with van der Waals surface area (Å²) in [5.41, 5.74) is 12.6. The van der Waals surface area contributed by atoms with Crippen LogP contribution in [0.2, 0.25) is 0 Å². The van der Waals surface area contributed by atoms with Crippen LogP contribution in [0.4, 0.5) is 34.9 Å². The van der Waals surface area contributed by atoms with Crippen LogP contribution in [0.15, 0.2) is 0 Å². The fourth-order valence-corrected chi connectivity index (χ4v) is 11.5. The number of phosphoric acid groups is 2. The van der Waals surface area contributed by atoms with Crippen LogP contribution < -0.4 is 37.2 Å². The number of aromatic nitrogens is 4. The Morgan fingerprint density at radius 3 is 1.79 bits per heavy atom. The third kappa shape index (κ3) is 16.2. The van der Waals surface area contributed by atoms with Crippen LogP contribution in [0, 0.1) is 9.28 Å². The van der Waals surface area contributed by atoms with E-state index in [2.05, 4.69) is 42.8 Å². The minimum Gasteiger partial charge on any atom is -0.387 e. The van der Waals surface area contributed by atoms with Crippen LogP contribution in [0.3, 0.4) is 0 Å². The van der Waals surface area contributed by atoms with Gasteiger partial charge in [0, 0.05) is 20.1 Å². The molecule has 6 rings (SSSR count). The summed E-state index contributed by atoms with van der Waals surface area (Å²) in [5, 5.41) is 42.8. The number of nitrogen functional groups attached to an aromatic ring is 2. The number of amides is 1. The number of phosphoric ester groups is 2. The standard InChI is InChI=1S/C43H75N11O14P2S2/c1-3-4-5-6-7-8-9-10-11-12-13-14-17-20-29(55)46-21-18-15-16-19-22-63-69(59,60)64-24-28-35(34(58)41(67-28)54-26-48-31-37(54)50-43(45)52-39(31)72)68-70(61,62-2)65-23-27-32(56)33(57)40(66-27)53-25-47-30-36(53)49-42(44)51-38(30)71/h27-28,32-35,40-41,47-48,56-58H,3-26H2,1-2H3,(H,46,55)(H,59,60)(H3,44,49,51,71)(H3,45,50,52,72). The van der Waals surface area contributed by atoms with Gasteiger partial charge in [-0.3, -0.25) is 27.4 Å². The number of H-pyrrole nitrogens is 2. The summed E-state index contributed by atoms with van der Waals surface area (Å²) in [4.78, 5) is 39.8. The van der Waals surface area contributed by atoms with E-state index < -0.39 is 77.9 Å². The number of carbonyl (C=O) groups excluding carboxylic acids is 1. The minimum absolute atomic E-state index is 0.0159. The number of hydrogen-bond acceptors (Lipinski definition) is 23. The van der Waals surface area contributed by atoms with Gasteiger partial charge in [0.2, 0.25) is 5.91 Å². The van der Waals surface area contributed by atoms with Crippen LogP contribution in [0.5, 0.6) is 0 Å². The van der Waals surface area contributed by atoms with Crippen molar-refractivity contribution >= 4 is 80.9 Å². The minimum atomic E-state index is -4.72. The molecular formula is C43H75N11O14P2S2. The number of unbranched alkanes of at least 4 members (excludes halogenated alkanes) is 15. The van der Waals surface area contributed by atoms with Gasteiger partial charge >= 0.3 is 15.6 Å². The monoisotopic (exact) mass is 1100 g/mol. The van der Waals surface area contributed by atoms with E-state index in [0.29, 0.717) is 48.8 Å². The van der Waals surface area contributed by atoms with Crippen LogP contribution >= 0.6 is 40.1 Å². The Kier molecular flexibility index (Phi) is 22.7. The summed E-state index contributed by atoms with van der Waals surface area (Å²) in [7, 11) is -8.40. The molecule has 2 fully saturated rings. The van der Waals surface area contributed by atoms with Crippen molar-refractivity contribution in [2.24, 2.45) is 0 Å². The fourth-order valence-electron chi connectivity index (χ4n) is 9.02. The molecule has 0 aliphatic carbocycles. The van der Waals surface area contributed by atoms with Crippen molar-refractivity contribution in [3.8, 4) is 0 Å². The fraction of sp³-hybridized carbons (Fsp3) is 0.791. The zero-order valence-electron chi connectivity index (χ0n) is 41.1. The molecule has 13 N–H and O–H groups in total. The molecule has 2 aromatic rings. The molecular weight excluding hydrogens is 1020 g/mol. The number of hydrogen-bond donors (Lipinski definition) is 11. The van der Waals surface area contributed by atoms with E-state index in [-0.39, 0.29) is 47.0 Å². The van der Waals surface area contributed by atoms with Crippen molar-refractivity contribution < 1.29 is 66.2 Å². The Hall–Kier alpha value is -3.11. The smallest absolute Gasteiger partial charge is 0.387 e. The van der Waals surface area contributed by atoms with Gasteiger partial charge in [0.05, 0.1) is 33.2 Å². The molecule has 0 spiro atoms. The maximum Gasteiger partial charge on any atom is 0.475 e. The van der Waals surface area contributed by atoms with Crippen molar-refractivity contribution in [1.29, 1.82) is 0 Å². The van der Waals surface area contributed by atoms with E-state index in [0.717, 1.165) is 39.2 Å². The topological polar surface area (TPSA) is 349 Å². The number of fused-ring (bicyclic) bond motifs is 2. The number of rotatable bonds is 33. The second-order valence-corrected chi connectivity index (χ2v) is 22.3. The molecule has 408 valence electrons. The summed E-state index contributed by atoms with van der Waals surface area (Å²) in [6, 6.07) is 0. The van der Waals surface area contributed by atoms with Gasteiger partial charge in [-0.05, 0) is 19.3 Å². The Labute approximate surface area is 430 Å². The van der Waals surface area contributed by atoms with E-state index in [1.54, 1.807) is 0 Å². The first-order valence-electron chi connectivity index (χ1n) is 25.1. The highest BCUT2D eigenvalue weighted by atomic mass is 32.1. The number of aliphatic hydroxyl groups excluding tert-OH is 3. The molecule has 2 aromatic heterocycles. The third-order valence-electron chi connectivity index (χ3n) is 13.0. The summed E-state index contributed by atoms with van der Waals surface area (Å²) >= 11 is 10.6. The molecule has 0 saturated carbocycles. The lowest BCUT2D eigenvalue weighted by molar-refractivity contribution is -0.121. The third-order valence-corrected chi connectivity index (χ3v) is 15.9. The Morgan fingerprint density at radius 1 is 0.722 bits per heavy atom. The first-order valence-corrected chi connectivity index (χ1v) is 28.8. The number of aliphatic hydroxyl groups is 3. The molecule has 72 heavy (non-hydrogen) atoms. The average molecular weight is 1100 g/mol. The molecule has 2 saturated heterocycles. The maximum absolute atomic E-state index is 14.1. The van der Waals surface area contributed by atoms with Crippen LogP contribution in [-0.4, -0.2) is 142 Å². The van der Waals surface area contributed by atoms with Crippen LogP contribution in [0.1, 0.15) is 122 Å². The molecule has 10 atom stereocenters. The second-order valence-electron chi connectivity index (χ2n) is 18.4. The quantitative estimate of drug-likeness (QED) is 0.0228. The van der Waals surface area contributed by atoms with Gasteiger partial charge in [0.1, 0.15) is 59.6 Å². The zero-order valence-corrected chi connectivity index (χ0v) is 44.5. The maximum atomic E-state index is 14.1. The number of nitrogens with two attached hydrogens (primary N) is 2. The highest BCUT2D eigenvalue weighted by Gasteiger charge is 2.54. The molecule has 25 nitrogen and oxygen atoms in total. The highest BCUT2D eigenvalue weighted by Crippen LogP contribution is 2.53. The van der Waals surface area contributed by atoms with Crippen molar-refractivity contribution in [3.63, 3.8) is 0 Å². The van der Waals surface area contributed by atoms with Crippen LogP contribution in [-0.2, 0) is 46.0 Å². The predicted molar refractivity (Wildman–Crippen MR) is 274 cm³/mol. The number of anilines is 6. The van der Waals surface area contributed by atoms with Gasteiger partial charge < -0.3 is 76.9 Å². The Balaban J connectivity index is 0.940. The van der Waals surface area contributed by atoms with Gasteiger partial charge in [0.25, 0.3) is 0 Å². The second kappa shape index (κ2) is 28.1. The molecule has 0 bridgehead atoms. The number of ether oxygens (including phenoxy) is 2. The van der Waals surface area contributed by atoms with Crippen molar-refractivity contribution in [1.82, 2.24) is 25.3 Å². The number of nitrogens with one attached hydrogen (secondary N) is 5. The lowest BCUT2D eigenvalue weighted by atomic mass is 10.0. The molecule has 29 heteroatoms. The average Bonchev–Trinajstić information content (AvgIpc) is 4.11. The van der Waals surface area contributed by atoms with Gasteiger partial charge in [-0.2, -0.15) is 0 Å². The Bertz CT molecular complexity index is 2270. The molecule has 10 unspecified atom stereocenters. The summed E-state index contributed by atoms with van der Waals surface area (Å²) in [6.45, 7) is 1.46. The normalized spacial score (nSPS) is 25.2. The van der Waals surface area contributed by atoms with Gasteiger partial charge in [-0.25, -0.2) is 19.1 Å². The predicted octanol–water partition coefficient (Wildman–Crippen LogP) is 5.82. The Morgan fingerprint density at radius 2 is 1.22 bits per heavy atom. The van der Waals surface area contributed by atoms with Crippen LogP contribution in [0.25, 0.3) is 0 Å². The molecule has 1 amide bonds. The summed E-state index contributed by atoms with van der Waals surface area (Å²) in [6.07, 6.45) is 7.96. The van der Waals surface area contributed by atoms with Crippen molar-refractivity contribution in [2.45, 2.75) is 172 Å². The number of carbonyl (C=O) groups is 1. The zero-order chi connectivity index (χ0) is 51.8. The molecule has 0 radical (unpaired) electrons. The van der Waals surface area contributed by atoms with E-state index in [9.17, 15) is 34.1 Å². The number of nitrogens with zero attached hydrogens (tertiary/aromatic N) is 4. The molecule has 0 aromatic carbocycles. The van der Waals surface area contributed by atoms with E-state index in [4.69, 9.17) is 68.0 Å². The van der Waals surface area contributed by atoms with Gasteiger partial charge in [0.15, 0.2) is 33.6 Å². The highest BCUT2D eigenvalue weighted by molar-refractivity contribution is 7.71. The van der Waals surface area contributed by atoms with E-state index in [1.807, 2.05) is 0 Å². The van der Waals surface area contributed by atoms with E-state index >= 15 is 0 Å². The van der Waals surface area contributed by atoms with Gasteiger partial charge in [-0.15, -0.1) is 0 Å². The van der Waals surface area contributed by atoms with E-state index in [1.165, 1.54) is 74.0 Å². The first-order chi connectivity index (χ1) is 34.5. The largest absolute Gasteiger partial charge is 0.475 e. The van der Waals surface area contributed by atoms with Gasteiger partial charge in [-0.1, -0.05) is 121 Å². The summed E-state index contributed by atoms with van der Waals surface area (Å²) in [5.74, 6) is 0.719. The molecule has 4 aliphatic rings. The van der Waals surface area contributed by atoms with Crippen molar-refractivity contribution in [3.05, 3.63) is 9.28 Å². The first kappa shape index (κ1) is 58.2. The molecule has 4 aliphatic heterocycles. The summed E-state index contributed by atoms with van der Waals surface area (Å²) < 4.78 is 66.9. The molecule has 6 heterocycles. The number of aromatic amines is 2. The lowest BCUT2D eigenvalue weighted by Gasteiger charge is -2.28. The SMILES string of the molecule is CCCCCCCCCCCCCCCC(=O)NCCCCCCOP(=O)(O)OCC1OC(N2CNc3c2[nH]c(N)nc3=S)C(O)C1OP(=O)(OC)OCC1OC(N2CNc3c2[nH]c(N)nc3=S)C(O)C1O.